The van der Waals surface area contributed by atoms with E-state index in [1.165, 1.54) is 0 Å². The molecule has 3 amide bonds. The molecule has 1 atom stereocenters. The minimum Gasteiger partial charge on any atom is -0.386 e. The summed E-state index contributed by atoms with van der Waals surface area (Å²) >= 11 is 0. The molecule has 1 aliphatic heterocycles. The molecule has 1 heterocycles. The summed E-state index contributed by atoms with van der Waals surface area (Å²) in [6.45, 7) is 2.93. The van der Waals surface area contributed by atoms with Gasteiger partial charge in [-0.05, 0) is 24.6 Å². The van der Waals surface area contributed by atoms with Crippen LogP contribution in [0.15, 0.2) is 65.8 Å². The first-order valence-corrected chi connectivity index (χ1v) is 9.75. The van der Waals surface area contributed by atoms with Gasteiger partial charge in [0.1, 0.15) is 0 Å². The van der Waals surface area contributed by atoms with Gasteiger partial charge in [-0.2, -0.15) is 0 Å². The molecule has 29 heavy (non-hydrogen) atoms. The van der Waals surface area contributed by atoms with E-state index in [4.69, 9.17) is 4.84 Å². The Balaban J connectivity index is 1.37. The van der Waals surface area contributed by atoms with Crippen LogP contribution in [0.5, 0.6) is 0 Å². The lowest BCUT2D eigenvalue weighted by atomic mass is 10.1. The number of benzene rings is 2. The number of likely N-dealkylation sites (tertiary alicyclic amines) is 1. The van der Waals surface area contributed by atoms with Crippen molar-refractivity contribution in [3.63, 3.8) is 0 Å². The number of oxime groups is 1. The predicted molar refractivity (Wildman–Crippen MR) is 113 cm³/mol. The number of nitrogens with zero attached hydrogens (tertiary/aromatic N) is 2. The molecular weight excluding hydrogens is 368 g/mol. The lowest BCUT2D eigenvalue weighted by molar-refractivity contribution is -0.126. The molecule has 7 nitrogen and oxygen atoms in total. The van der Waals surface area contributed by atoms with Crippen molar-refractivity contribution in [1.29, 1.82) is 0 Å². The first-order valence-electron chi connectivity index (χ1n) is 9.75. The molecule has 0 aliphatic carbocycles. The van der Waals surface area contributed by atoms with Crippen LogP contribution in [0.2, 0.25) is 0 Å². The Bertz CT molecular complexity index is 830. The number of nitrogens with one attached hydrogen (secondary N) is 2. The fraction of sp³-hybridized carbons (Fsp3) is 0.318. The average molecular weight is 394 g/mol. The van der Waals surface area contributed by atoms with Gasteiger partial charge in [0.25, 0.3) is 5.91 Å². The second-order valence-corrected chi connectivity index (χ2v) is 6.91. The maximum absolute atomic E-state index is 12.3. The number of para-hydroxylation sites is 1. The molecule has 2 aromatic carbocycles. The van der Waals surface area contributed by atoms with Gasteiger partial charge in [-0.3, -0.25) is 4.79 Å². The minimum absolute atomic E-state index is 0.0914. The number of hydrogen-bond acceptors (Lipinski definition) is 4. The minimum atomic E-state index is -0.217. The number of piperidine rings is 1. The summed E-state index contributed by atoms with van der Waals surface area (Å²) in [5.74, 6) is -0.217. The molecule has 152 valence electrons. The van der Waals surface area contributed by atoms with E-state index in [0.717, 1.165) is 17.0 Å². The van der Waals surface area contributed by atoms with Crippen molar-refractivity contribution in [3.05, 3.63) is 66.2 Å². The highest BCUT2D eigenvalue weighted by atomic mass is 16.6. The summed E-state index contributed by atoms with van der Waals surface area (Å²) in [6.07, 6.45) is 1.26. The lowest BCUT2D eigenvalue weighted by Crippen LogP contribution is -2.41. The van der Waals surface area contributed by atoms with Crippen LogP contribution in [-0.4, -0.2) is 42.2 Å². The zero-order chi connectivity index (χ0) is 20.5. The van der Waals surface area contributed by atoms with Crippen LogP contribution in [0, 0.1) is 0 Å². The van der Waals surface area contributed by atoms with Crippen molar-refractivity contribution in [2.24, 2.45) is 5.16 Å². The van der Waals surface area contributed by atoms with Gasteiger partial charge in [0, 0.05) is 31.6 Å². The standard InChI is InChI=1S/C22H26N4O3/c1-17(18-8-4-2-5-9-18)23-21(27)16-29-25-20-12-14-26(15-13-20)22(28)24-19-10-6-3-7-11-19/h2-11,17H,12-16H2,1H3,(H,23,27)(H,24,28). The van der Waals surface area contributed by atoms with Gasteiger partial charge in [0.2, 0.25) is 0 Å². The van der Waals surface area contributed by atoms with Gasteiger partial charge in [-0.15, -0.1) is 0 Å². The summed E-state index contributed by atoms with van der Waals surface area (Å²) in [7, 11) is 0. The van der Waals surface area contributed by atoms with Crippen molar-refractivity contribution in [3.8, 4) is 0 Å². The Kier molecular flexibility index (Phi) is 7.22. The third kappa shape index (κ3) is 6.34. The highest BCUT2D eigenvalue weighted by Gasteiger charge is 2.20. The fourth-order valence-electron chi connectivity index (χ4n) is 3.07. The van der Waals surface area contributed by atoms with Crippen LogP contribution in [0.3, 0.4) is 0 Å². The van der Waals surface area contributed by atoms with Crippen LogP contribution in [-0.2, 0) is 9.63 Å². The molecule has 3 rings (SSSR count). The van der Waals surface area contributed by atoms with Crippen LogP contribution in [0.1, 0.15) is 31.4 Å². The molecule has 0 spiro atoms. The number of hydrogen-bond donors (Lipinski definition) is 2. The summed E-state index contributed by atoms with van der Waals surface area (Å²) in [4.78, 5) is 31.3. The Morgan fingerprint density at radius 3 is 2.31 bits per heavy atom. The molecule has 1 fully saturated rings. The zero-order valence-electron chi connectivity index (χ0n) is 16.5. The van der Waals surface area contributed by atoms with Crippen molar-refractivity contribution in [2.75, 3.05) is 25.0 Å². The van der Waals surface area contributed by atoms with Gasteiger partial charge in [-0.25, -0.2) is 4.79 Å². The second-order valence-electron chi connectivity index (χ2n) is 6.91. The van der Waals surface area contributed by atoms with E-state index in [0.29, 0.717) is 25.9 Å². The zero-order valence-corrected chi connectivity index (χ0v) is 16.5. The average Bonchev–Trinajstić information content (AvgIpc) is 2.75. The molecule has 1 saturated heterocycles. The maximum Gasteiger partial charge on any atom is 0.321 e. The highest BCUT2D eigenvalue weighted by Crippen LogP contribution is 2.12. The molecule has 2 aromatic rings. The van der Waals surface area contributed by atoms with Crippen molar-refractivity contribution in [2.45, 2.75) is 25.8 Å². The topological polar surface area (TPSA) is 83.0 Å². The van der Waals surface area contributed by atoms with Crippen LogP contribution in [0.25, 0.3) is 0 Å². The smallest absolute Gasteiger partial charge is 0.321 e. The lowest BCUT2D eigenvalue weighted by Gasteiger charge is -2.27. The van der Waals surface area contributed by atoms with Crippen molar-refractivity contribution in [1.82, 2.24) is 10.2 Å². The molecular formula is C22H26N4O3. The Hall–Kier alpha value is -3.35. The summed E-state index contributed by atoms with van der Waals surface area (Å²) < 4.78 is 0. The van der Waals surface area contributed by atoms with E-state index in [1.807, 2.05) is 67.6 Å². The van der Waals surface area contributed by atoms with Gasteiger partial charge in [0.15, 0.2) is 6.61 Å². The Morgan fingerprint density at radius 2 is 1.66 bits per heavy atom. The second kappa shape index (κ2) is 10.3. The Labute approximate surface area is 170 Å². The molecule has 0 radical (unpaired) electrons. The van der Waals surface area contributed by atoms with Crippen molar-refractivity contribution < 1.29 is 14.4 Å². The first-order chi connectivity index (χ1) is 14.1. The van der Waals surface area contributed by atoms with Gasteiger partial charge < -0.3 is 20.4 Å². The number of urea groups is 1. The molecule has 0 saturated carbocycles. The van der Waals surface area contributed by atoms with E-state index < -0.39 is 0 Å². The van der Waals surface area contributed by atoms with Crippen molar-refractivity contribution >= 4 is 23.3 Å². The quantitative estimate of drug-likeness (QED) is 0.735. The molecule has 0 bridgehead atoms. The number of anilines is 1. The van der Waals surface area contributed by atoms with E-state index in [9.17, 15) is 9.59 Å². The summed E-state index contributed by atoms with van der Waals surface area (Å²) in [6, 6.07) is 18.9. The van der Waals surface area contributed by atoms with E-state index in [1.54, 1.807) is 4.90 Å². The third-order valence-corrected chi connectivity index (χ3v) is 4.72. The van der Waals surface area contributed by atoms with E-state index >= 15 is 0 Å². The fourth-order valence-corrected chi connectivity index (χ4v) is 3.07. The monoisotopic (exact) mass is 394 g/mol. The molecule has 2 N–H and O–H groups in total. The van der Waals surface area contributed by atoms with E-state index in [2.05, 4.69) is 15.8 Å². The van der Waals surface area contributed by atoms with Crippen LogP contribution < -0.4 is 10.6 Å². The number of carbonyl (C=O) groups excluding carboxylic acids is 2. The van der Waals surface area contributed by atoms with Crippen LogP contribution >= 0.6 is 0 Å². The first kappa shape index (κ1) is 20.4. The maximum atomic E-state index is 12.3. The predicted octanol–water partition coefficient (Wildman–Crippen LogP) is 3.56. The molecule has 1 aliphatic rings. The Morgan fingerprint density at radius 1 is 1.03 bits per heavy atom. The van der Waals surface area contributed by atoms with Gasteiger partial charge in [0.05, 0.1) is 11.8 Å². The van der Waals surface area contributed by atoms with Crippen LogP contribution in [0.4, 0.5) is 10.5 Å². The third-order valence-electron chi connectivity index (χ3n) is 4.72. The normalized spacial score (nSPS) is 14.7. The van der Waals surface area contributed by atoms with Gasteiger partial charge in [-0.1, -0.05) is 53.7 Å². The number of carbonyl (C=O) groups is 2. The molecule has 0 aromatic heterocycles. The molecule has 1 unspecified atom stereocenters. The van der Waals surface area contributed by atoms with Gasteiger partial charge >= 0.3 is 6.03 Å². The number of amides is 3. The summed E-state index contributed by atoms with van der Waals surface area (Å²) in [5.41, 5.74) is 2.67. The SMILES string of the molecule is CC(NC(=O)CON=C1CCN(C(=O)Nc2ccccc2)CC1)c1ccccc1. The highest BCUT2D eigenvalue weighted by molar-refractivity contribution is 5.92. The molecule has 7 heteroatoms. The van der Waals surface area contributed by atoms with E-state index in [-0.39, 0.29) is 24.6 Å². The number of rotatable bonds is 6. The largest absolute Gasteiger partial charge is 0.386 e. The summed E-state index contributed by atoms with van der Waals surface area (Å²) in [5, 5.41) is 9.84.